The Bertz CT molecular complexity index is 716. The number of hydrogen-bond acceptors (Lipinski definition) is 4. The molecule has 24 heavy (non-hydrogen) atoms. The molecule has 0 bridgehead atoms. The van der Waals surface area contributed by atoms with Crippen molar-refractivity contribution in [2.45, 2.75) is 18.9 Å². The molecule has 0 atom stereocenters. The summed E-state index contributed by atoms with van der Waals surface area (Å²) in [5.41, 5.74) is 0.911. The Labute approximate surface area is 149 Å². The van der Waals surface area contributed by atoms with Gasteiger partial charge in [0.15, 0.2) is 0 Å². The summed E-state index contributed by atoms with van der Waals surface area (Å²) in [6.45, 7) is 1.40. The van der Waals surface area contributed by atoms with Gasteiger partial charge in [-0.1, -0.05) is 23.2 Å². The molecule has 5 nitrogen and oxygen atoms in total. The molecule has 1 saturated heterocycles. The van der Waals surface area contributed by atoms with Crippen LogP contribution in [0.3, 0.4) is 0 Å². The van der Waals surface area contributed by atoms with Crippen LogP contribution in [0.5, 0.6) is 5.88 Å². The molecule has 1 amide bonds. The number of carbonyl (C=O) groups is 1. The molecule has 0 aliphatic carbocycles. The minimum atomic E-state index is -0.302. The summed E-state index contributed by atoms with van der Waals surface area (Å²) in [7, 11) is 0. The summed E-state index contributed by atoms with van der Waals surface area (Å²) >= 11 is 11.9. The molecule has 1 aliphatic rings. The predicted octanol–water partition coefficient (Wildman–Crippen LogP) is 4.20. The van der Waals surface area contributed by atoms with Crippen LogP contribution in [0.4, 0.5) is 5.69 Å². The zero-order chi connectivity index (χ0) is 16.9. The van der Waals surface area contributed by atoms with E-state index in [0.717, 1.165) is 12.8 Å². The van der Waals surface area contributed by atoms with E-state index in [1.165, 1.54) is 6.20 Å². The fraction of sp³-hybridized carbons (Fsp3) is 0.294. The summed E-state index contributed by atoms with van der Waals surface area (Å²) in [5.74, 6) is 0.201. The number of hydrogen-bond donors (Lipinski definition) is 1. The van der Waals surface area contributed by atoms with E-state index in [9.17, 15) is 4.79 Å². The van der Waals surface area contributed by atoms with Gasteiger partial charge in [0.1, 0.15) is 6.10 Å². The summed E-state index contributed by atoms with van der Waals surface area (Å²) in [6, 6.07) is 8.24. The molecule has 0 unspecified atom stereocenters. The highest BCUT2D eigenvalue weighted by molar-refractivity contribution is 6.36. The largest absolute Gasteiger partial charge is 0.474 e. The van der Waals surface area contributed by atoms with Gasteiger partial charge in [0.2, 0.25) is 5.88 Å². The molecular weight excluding hydrogens is 351 g/mol. The molecule has 0 spiro atoms. The van der Waals surface area contributed by atoms with Crippen LogP contribution < -0.4 is 10.1 Å². The van der Waals surface area contributed by atoms with Crippen LogP contribution in [0, 0.1) is 0 Å². The van der Waals surface area contributed by atoms with Crippen LogP contribution in [-0.4, -0.2) is 30.2 Å². The molecule has 1 N–H and O–H groups in total. The third kappa shape index (κ3) is 4.38. The Morgan fingerprint density at radius 3 is 2.67 bits per heavy atom. The van der Waals surface area contributed by atoms with Gasteiger partial charge >= 0.3 is 0 Å². The van der Waals surface area contributed by atoms with E-state index in [0.29, 0.717) is 40.4 Å². The molecule has 0 saturated carbocycles. The number of ether oxygens (including phenoxy) is 2. The minimum absolute atomic E-state index is 0.110. The number of benzene rings is 1. The molecule has 7 heteroatoms. The highest BCUT2D eigenvalue weighted by atomic mass is 35.5. The van der Waals surface area contributed by atoms with Crippen molar-refractivity contribution < 1.29 is 14.3 Å². The molecule has 0 radical (unpaired) electrons. The van der Waals surface area contributed by atoms with Crippen LogP contribution in [0.25, 0.3) is 0 Å². The topological polar surface area (TPSA) is 60.5 Å². The smallest absolute Gasteiger partial charge is 0.257 e. The van der Waals surface area contributed by atoms with Gasteiger partial charge in [-0.05, 0) is 24.3 Å². The Hall–Kier alpha value is -1.82. The lowest BCUT2D eigenvalue weighted by molar-refractivity contribution is 0.0237. The quantitative estimate of drug-likeness (QED) is 0.880. The molecule has 1 aliphatic heterocycles. The first-order chi connectivity index (χ1) is 11.6. The van der Waals surface area contributed by atoms with Gasteiger partial charge < -0.3 is 14.8 Å². The van der Waals surface area contributed by atoms with Gasteiger partial charge in [0, 0.05) is 30.1 Å². The highest BCUT2D eigenvalue weighted by Gasteiger charge is 2.16. The second-order valence-electron chi connectivity index (χ2n) is 5.39. The molecule has 3 rings (SSSR count). The molecule has 1 fully saturated rings. The van der Waals surface area contributed by atoms with E-state index < -0.39 is 0 Å². The number of anilines is 1. The van der Waals surface area contributed by atoms with Crippen LogP contribution in [-0.2, 0) is 4.74 Å². The van der Waals surface area contributed by atoms with Gasteiger partial charge in [0.05, 0.1) is 29.5 Å². The maximum absolute atomic E-state index is 12.3. The van der Waals surface area contributed by atoms with Gasteiger partial charge in [-0.2, -0.15) is 0 Å². The highest BCUT2D eigenvalue weighted by Crippen LogP contribution is 2.26. The lowest BCUT2D eigenvalue weighted by atomic mass is 10.1. The second kappa shape index (κ2) is 7.83. The van der Waals surface area contributed by atoms with E-state index in [4.69, 9.17) is 32.7 Å². The molecule has 1 aromatic heterocycles. The number of pyridine rings is 1. The maximum atomic E-state index is 12.3. The van der Waals surface area contributed by atoms with Crippen LogP contribution in [0.2, 0.25) is 10.0 Å². The molecular formula is C17H16Cl2N2O3. The molecule has 2 aromatic rings. The van der Waals surface area contributed by atoms with Crippen LogP contribution in [0.1, 0.15) is 23.2 Å². The summed E-state index contributed by atoms with van der Waals surface area (Å²) < 4.78 is 11.1. The average molecular weight is 367 g/mol. The Kier molecular flexibility index (Phi) is 5.56. The summed E-state index contributed by atoms with van der Waals surface area (Å²) in [6.07, 6.45) is 3.28. The third-order valence-electron chi connectivity index (χ3n) is 3.63. The first-order valence-electron chi connectivity index (χ1n) is 7.58. The zero-order valence-electron chi connectivity index (χ0n) is 12.8. The number of nitrogens with one attached hydrogen (secondary N) is 1. The molecule has 2 heterocycles. The number of aromatic nitrogens is 1. The van der Waals surface area contributed by atoms with Crippen molar-refractivity contribution in [3.05, 3.63) is 52.1 Å². The van der Waals surface area contributed by atoms with E-state index in [1.807, 2.05) is 0 Å². The van der Waals surface area contributed by atoms with Crippen molar-refractivity contribution in [1.29, 1.82) is 0 Å². The predicted molar refractivity (Wildman–Crippen MR) is 93.1 cm³/mol. The van der Waals surface area contributed by atoms with E-state index in [2.05, 4.69) is 10.3 Å². The lowest BCUT2D eigenvalue weighted by Crippen LogP contribution is -2.26. The van der Waals surface area contributed by atoms with Crippen molar-refractivity contribution in [2.75, 3.05) is 18.5 Å². The fourth-order valence-corrected chi connectivity index (χ4v) is 2.79. The Morgan fingerprint density at radius 2 is 2.00 bits per heavy atom. The fourth-order valence-electron chi connectivity index (χ4n) is 2.33. The number of carbonyl (C=O) groups excluding carboxylic acids is 1. The van der Waals surface area contributed by atoms with Gasteiger partial charge in [-0.15, -0.1) is 0 Å². The van der Waals surface area contributed by atoms with Crippen LogP contribution >= 0.6 is 23.2 Å². The monoisotopic (exact) mass is 366 g/mol. The molecule has 126 valence electrons. The summed E-state index contributed by atoms with van der Waals surface area (Å²) in [4.78, 5) is 16.4. The summed E-state index contributed by atoms with van der Waals surface area (Å²) in [5, 5.41) is 3.61. The number of amides is 1. The minimum Gasteiger partial charge on any atom is -0.474 e. The van der Waals surface area contributed by atoms with E-state index in [1.54, 1.807) is 30.3 Å². The van der Waals surface area contributed by atoms with Crippen LogP contribution in [0.15, 0.2) is 36.5 Å². The molecule has 1 aromatic carbocycles. The lowest BCUT2D eigenvalue weighted by Gasteiger charge is -2.22. The standard InChI is InChI=1S/C17H16Cl2N2O3/c18-12-2-3-15(14(19)9-12)21-17(22)11-1-4-16(20-10-11)24-13-5-7-23-8-6-13/h1-4,9-10,13H,5-8H2,(H,21,22). The normalized spacial score (nSPS) is 15.1. The van der Waals surface area contributed by atoms with Crippen molar-refractivity contribution in [1.82, 2.24) is 4.98 Å². The Balaban J connectivity index is 1.62. The van der Waals surface area contributed by atoms with Gasteiger partial charge in [-0.25, -0.2) is 4.98 Å². The van der Waals surface area contributed by atoms with E-state index in [-0.39, 0.29) is 12.0 Å². The third-order valence-corrected chi connectivity index (χ3v) is 4.18. The first kappa shape index (κ1) is 17.0. The van der Waals surface area contributed by atoms with Crippen molar-refractivity contribution in [3.63, 3.8) is 0 Å². The van der Waals surface area contributed by atoms with Gasteiger partial charge in [-0.3, -0.25) is 4.79 Å². The zero-order valence-corrected chi connectivity index (χ0v) is 14.3. The Morgan fingerprint density at radius 1 is 1.21 bits per heavy atom. The number of rotatable bonds is 4. The van der Waals surface area contributed by atoms with Crippen molar-refractivity contribution in [2.24, 2.45) is 0 Å². The number of halogens is 2. The average Bonchev–Trinajstić information content (AvgIpc) is 2.59. The SMILES string of the molecule is O=C(Nc1ccc(Cl)cc1Cl)c1ccc(OC2CCOCC2)nc1. The van der Waals surface area contributed by atoms with Crippen molar-refractivity contribution in [3.8, 4) is 5.88 Å². The first-order valence-corrected chi connectivity index (χ1v) is 8.34. The van der Waals surface area contributed by atoms with E-state index >= 15 is 0 Å². The number of nitrogens with zero attached hydrogens (tertiary/aromatic N) is 1. The maximum Gasteiger partial charge on any atom is 0.257 e. The van der Waals surface area contributed by atoms with Gasteiger partial charge in [0.25, 0.3) is 5.91 Å². The van der Waals surface area contributed by atoms with Crippen molar-refractivity contribution >= 4 is 34.8 Å². The second-order valence-corrected chi connectivity index (χ2v) is 6.24.